The van der Waals surface area contributed by atoms with Crippen LogP contribution in [-0.2, 0) is 6.42 Å². The van der Waals surface area contributed by atoms with Crippen molar-refractivity contribution < 1.29 is 9.90 Å². The summed E-state index contributed by atoms with van der Waals surface area (Å²) in [5, 5.41) is 9.93. The summed E-state index contributed by atoms with van der Waals surface area (Å²) in [4.78, 5) is 34.8. The molecule has 0 unspecified atom stereocenters. The Hall–Kier alpha value is -2.09. The predicted octanol–water partition coefficient (Wildman–Crippen LogP) is 1.35. The number of H-pyrrole nitrogens is 1. The molecule has 8 heteroatoms. The number of hydrogen-bond acceptors (Lipinski definition) is 5. The Morgan fingerprint density at radius 2 is 2.14 bits per heavy atom. The molecule has 0 spiro atoms. The SMILES string of the molecule is CCc1cc2c(N3CCN(C(=O)O)CC3)[nH]c(=O)nc2s1. The van der Waals surface area contributed by atoms with Crippen molar-refractivity contribution in [3.63, 3.8) is 0 Å². The first-order chi connectivity index (χ1) is 10.1. The van der Waals surface area contributed by atoms with Gasteiger partial charge in [0.1, 0.15) is 10.6 Å². The van der Waals surface area contributed by atoms with Crippen LogP contribution in [0.5, 0.6) is 0 Å². The number of aromatic nitrogens is 2. The Bertz CT molecular complexity index is 731. The summed E-state index contributed by atoms with van der Waals surface area (Å²) < 4.78 is 0. The molecule has 1 saturated heterocycles. The summed E-state index contributed by atoms with van der Waals surface area (Å²) >= 11 is 1.53. The zero-order valence-electron chi connectivity index (χ0n) is 11.6. The van der Waals surface area contributed by atoms with E-state index in [9.17, 15) is 9.59 Å². The Labute approximate surface area is 124 Å². The first kappa shape index (κ1) is 13.9. The van der Waals surface area contributed by atoms with Crippen LogP contribution in [0.4, 0.5) is 10.6 Å². The Kier molecular flexibility index (Phi) is 3.54. The number of nitrogens with zero attached hydrogens (tertiary/aromatic N) is 3. The third-order valence-corrected chi connectivity index (χ3v) is 4.84. The van der Waals surface area contributed by atoms with E-state index in [1.54, 1.807) is 0 Å². The van der Waals surface area contributed by atoms with Gasteiger partial charge in [-0.15, -0.1) is 11.3 Å². The molecule has 1 aliphatic heterocycles. The van der Waals surface area contributed by atoms with E-state index in [1.807, 2.05) is 4.90 Å². The normalized spacial score (nSPS) is 15.7. The van der Waals surface area contributed by atoms with Crippen molar-refractivity contribution in [2.45, 2.75) is 13.3 Å². The highest BCUT2D eigenvalue weighted by Gasteiger charge is 2.23. The highest BCUT2D eigenvalue weighted by atomic mass is 32.1. The van der Waals surface area contributed by atoms with Crippen LogP contribution in [0.25, 0.3) is 10.2 Å². The molecule has 21 heavy (non-hydrogen) atoms. The van der Waals surface area contributed by atoms with Crippen molar-refractivity contribution in [1.82, 2.24) is 14.9 Å². The van der Waals surface area contributed by atoms with Crippen LogP contribution in [0.15, 0.2) is 10.9 Å². The predicted molar refractivity (Wildman–Crippen MR) is 81.4 cm³/mol. The number of fused-ring (bicyclic) bond motifs is 1. The second-order valence-electron chi connectivity index (χ2n) is 4.93. The summed E-state index contributed by atoms with van der Waals surface area (Å²) in [5.74, 6) is 0.756. The van der Waals surface area contributed by atoms with E-state index in [1.165, 1.54) is 21.1 Å². The summed E-state index contributed by atoms with van der Waals surface area (Å²) in [7, 11) is 0. The van der Waals surface area contributed by atoms with Crippen LogP contribution in [0, 0.1) is 0 Å². The van der Waals surface area contributed by atoms with Gasteiger partial charge in [-0.3, -0.25) is 4.98 Å². The monoisotopic (exact) mass is 308 g/mol. The highest BCUT2D eigenvalue weighted by Crippen LogP contribution is 2.30. The van der Waals surface area contributed by atoms with Gasteiger partial charge in [0.05, 0.1) is 5.39 Å². The van der Waals surface area contributed by atoms with E-state index < -0.39 is 6.09 Å². The molecule has 112 valence electrons. The van der Waals surface area contributed by atoms with Crippen molar-refractivity contribution in [2.24, 2.45) is 0 Å². The Balaban J connectivity index is 1.95. The fraction of sp³-hybridized carbons (Fsp3) is 0.462. The average Bonchev–Trinajstić information content (AvgIpc) is 2.89. The lowest BCUT2D eigenvalue weighted by Crippen LogP contribution is -2.48. The van der Waals surface area contributed by atoms with Crippen LogP contribution >= 0.6 is 11.3 Å². The van der Waals surface area contributed by atoms with Crippen LogP contribution in [0.2, 0.25) is 0 Å². The summed E-state index contributed by atoms with van der Waals surface area (Å²) in [6, 6.07) is 2.06. The van der Waals surface area contributed by atoms with Gasteiger partial charge >= 0.3 is 11.8 Å². The van der Waals surface area contributed by atoms with Crippen LogP contribution < -0.4 is 10.6 Å². The lowest BCUT2D eigenvalue weighted by molar-refractivity contribution is 0.142. The first-order valence-electron chi connectivity index (χ1n) is 6.84. The van der Waals surface area contributed by atoms with Crippen LogP contribution in [-0.4, -0.2) is 52.2 Å². The number of nitrogens with one attached hydrogen (secondary N) is 1. The average molecular weight is 308 g/mol. The molecular weight excluding hydrogens is 292 g/mol. The van der Waals surface area contributed by atoms with Crippen molar-refractivity contribution in [3.8, 4) is 0 Å². The smallest absolute Gasteiger partial charge is 0.407 e. The zero-order valence-corrected chi connectivity index (χ0v) is 12.4. The van der Waals surface area contributed by atoms with E-state index in [-0.39, 0.29) is 5.69 Å². The second-order valence-corrected chi connectivity index (χ2v) is 6.05. The molecule has 0 atom stereocenters. The topological polar surface area (TPSA) is 89.5 Å². The molecule has 0 saturated carbocycles. The molecule has 2 aromatic heterocycles. The lowest BCUT2D eigenvalue weighted by Gasteiger charge is -2.34. The molecule has 0 bridgehead atoms. The molecular formula is C13H16N4O3S. The number of piperazine rings is 1. The van der Waals surface area contributed by atoms with Crippen LogP contribution in [0.1, 0.15) is 11.8 Å². The van der Waals surface area contributed by atoms with E-state index in [0.717, 1.165) is 22.5 Å². The third-order valence-electron chi connectivity index (χ3n) is 3.66. The minimum Gasteiger partial charge on any atom is -0.465 e. The number of carbonyl (C=O) groups is 1. The fourth-order valence-electron chi connectivity index (χ4n) is 2.52. The third kappa shape index (κ3) is 2.58. The Morgan fingerprint density at radius 3 is 2.76 bits per heavy atom. The number of aryl methyl sites for hydroxylation is 1. The number of aromatic amines is 1. The quantitative estimate of drug-likeness (QED) is 0.874. The molecule has 0 radical (unpaired) electrons. The van der Waals surface area contributed by atoms with Crippen molar-refractivity contribution in [3.05, 3.63) is 21.4 Å². The summed E-state index contributed by atoms with van der Waals surface area (Å²) in [6.45, 7) is 4.08. The number of amides is 1. The maximum Gasteiger partial charge on any atom is 0.407 e. The number of carboxylic acid groups (broad SMARTS) is 1. The summed E-state index contributed by atoms with van der Waals surface area (Å²) in [6.07, 6.45) is 0.00775. The van der Waals surface area contributed by atoms with Crippen LogP contribution in [0.3, 0.4) is 0 Å². The van der Waals surface area contributed by atoms with E-state index >= 15 is 0 Å². The van der Waals surface area contributed by atoms with Crippen molar-refractivity contribution in [1.29, 1.82) is 0 Å². The molecule has 1 aliphatic rings. The minimum absolute atomic E-state index is 0.359. The lowest BCUT2D eigenvalue weighted by atomic mass is 10.2. The molecule has 0 aromatic carbocycles. The number of hydrogen-bond donors (Lipinski definition) is 2. The van der Waals surface area contributed by atoms with Gasteiger partial charge in [0.2, 0.25) is 0 Å². The molecule has 0 aliphatic carbocycles. The van der Waals surface area contributed by atoms with Gasteiger partial charge in [-0.2, -0.15) is 4.98 Å². The fourth-order valence-corrected chi connectivity index (χ4v) is 3.48. The van der Waals surface area contributed by atoms with Gasteiger partial charge in [-0.1, -0.05) is 6.92 Å². The van der Waals surface area contributed by atoms with E-state index in [0.29, 0.717) is 26.2 Å². The molecule has 3 heterocycles. The summed E-state index contributed by atoms with van der Waals surface area (Å²) in [5.41, 5.74) is -0.359. The highest BCUT2D eigenvalue weighted by molar-refractivity contribution is 7.18. The molecule has 1 amide bonds. The maximum atomic E-state index is 11.7. The van der Waals surface area contributed by atoms with Crippen molar-refractivity contribution >= 4 is 33.5 Å². The number of anilines is 1. The standard InChI is InChI=1S/C13H16N4O3S/c1-2-8-7-9-10(14-12(18)15-11(9)21-8)16-3-5-17(6-4-16)13(19)20/h7H,2-6H2,1H3,(H,19,20)(H,14,15,18). The minimum atomic E-state index is -0.896. The first-order valence-corrected chi connectivity index (χ1v) is 7.65. The Morgan fingerprint density at radius 1 is 1.43 bits per heavy atom. The van der Waals surface area contributed by atoms with Gasteiger partial charge in [0.15, 0.2) is 0 Å². The van der Waals surface area contributed by atoms with E-state index in [4.69, 9.17) is 5.11 Å². The van der Waals surface area contributed by atoms with E-state index in [2.05, 4.69) is 23.0 Å². The maximum absolute atomic E-state index is 11.7. The molecule has 3 rings (SSSR count). The second kappa shape index (κ2) is 5.36. The largest absolute Gasteiger partial charge is 0.465 e. The molecule has 1 fully saturated rings. The van der Waals surface area contributed by atoms with Crippen molar-refractivity contribution in [2.75, 3.05) is 31.1 Å². The zero-order chi connectivity index (χ0) is 15.0. The number of thiophene rings is 1. The van der Waals surface area contributed by atoms with Gasteiger partial charge in [0, 0.05) is 31.1 Å². The molecule has 2 aromatic rings. The molecule has 7 nitrogen and oxygen atoms in total. The van der Waals surface area contributed by atoms with Gasteiger partial charge in [-0.05, 0) is 12.5 Å². The van der Waals surface area contributed by atoms with Gasteiger partial charge in [0.25, 0.3) is 0 Å². The van der Waals surface area contributed by atoms with Gasteiger partial charge < -0.3 is 14.9 Å². The van der Waals surface area contributed by atoms with Gasteiger partial charge in [-0.25, -0.2) is 9.59 Å². The molecule has 2 N–H and O–H groups in total. The number of rotatable bonds is 2.